The van der Waals surface area contributed by atoms with Gasteiger partial charge in [0, 0.05) is 29.6 Å². The van der Waals surface area contributed by atoms with Crippen LogP contribution in [0.15, 0.2) is 36.7 Å². The van der Waals surface area contributed by atoms with Gasteiger partial charge in [-0.15, -0.1) is 0 Å². The lowest BCUT2D eigenvalue weighted by Gasteiger charge is -2.35. The zero-order valence-corrected chi connectivity index (χ0v) is 11.2. The first-order chi connectivity index (χ1) is 9.75. The van der Waals surface area contributed by atoms with Crippen molar-refractivity contribution in [1.29, 1.82) is 0 Å². The van der Waals surface area contributed by atoms with E-state index in [0.29, 0.717) is 11.3 Å². The van der Waals surface area contributed by atoms with E-state index in [0.717, 1.165) is 31.4 Å². The van der Waals surface area contributed by atoms with Crippen molar-refractivity contribution in [2.24, 2.45) is 0 Å². The molecule has 0 radical (unpaired) electrons. The van der Waals surface area contributed by atoms with Gasteiger partial charge in [-0.3, -0.25) is 9.89 Å². The summed E-state index contributed by atoms with van der Waals surface area (Å²) in [4.78, 5) is 14.6. The first-order valence-corrected chi connectivity index (χ1v) is 6.91. The molecule has 3 N–H and O–H groups in total. The van der Waals surface area contributed by atoms with Crippen molar-refractivity contribution in [3.05, 3.63) is 47.8 Å². The number of rotatable bonds is 2. The molecule has 0 bridgehead atoms. The maximum atomic E-state index is 12.7. The number of hydrogen-bond acceptors (Lipinski definition) is 3. The zero-order valence-electron chi connectivity index (χ0n) is 11.2. The maximum Gasteiger partial charge on any atom is 0.254 e. The van der Waals surface area contributed by atoms with E-state index < -0.39 is 0 Å². The molecule has 2 heterocycles. The Labute approximate surface area is 117 Å². The molecule has 2 aromatic rings. The highest BCUT2D eigenvalue weighted by atomic mass is 16.2. The molecule has 0 aliphatic carbocycles. The summed E-state index contributed by atoms with van der Waals surface area (Å²) in [5.41, 5.74) is 8.11. The Morgan fingerprint density at radius 1 is 1.30 bits per heavy atom. The van der Waals surface area contributed by atoms with E-state index in [1.807, 2.05) is 11.1 Å². The van der Waals surface area contributed by atoms with Crippen molar-refractivity contribution in [2.45, 2.75) is 25.3 Å². The molecule has 1 fully saturated rings. The summed E-state index contributed by atoms with van der Waals surface area (Å²) in [7, 11) is 0. The van der Waals surface area contributed by atoms with Gasteiger partial charge in [0.05, 0.1) is 12.2 Å². The van der Waals surface area contributed by atoms with Crippen molar-refractivity contribution in [3.8, 4) is 0 Å². The average Bonchev–Trinajstić information content (AvgIpc) is 3.01. The van der Waals surface area contributed by atoms with Gasteiger partial charge in [0.1, 0.15) is 0 Å². The van der Waals surface area contributed by atoms with Crippen molar-refractivity contribution in [1.82, 2.24) is 15.1 Å². The molecule has 0 spiro atoms. The number of nitrogens with two attached hydrogens (primary N) is 1. The molecule has 3 rings (SSSR count). The van der Waals surface area contributed by atoms with E-state index in [2.05, 4.69) is 10.2 Å². The van der Waals surface area contributed by atoms with Gasteiger partial charge in [-0.05, 0) is 43.5 Å². The molecule has 1 amide bonds. The number of H-pyrrole nitrogens is 1. The Morgan fingerprint density at radius 2 is 2.10 bits per heavy atom. The summed E-state index contributed by atoms with van der Waals surface area (Å²) < 4.78 is 0. The summed E-state index contributed by atoms with van der Waals surface area (Å²) in [5.74, 6) is 0.0656. The number of aromatic nitrogens is 2. The molecular weight excluding hydrogens is 252 g/mol. The molecule has 1 aromatic carbocycles. The second-order valence-electron chi connectivity index (χ2n) is 5.16. The van der Waals surface area contributed by atoms with E-state index in [4.69, 9.17) is 5.73 Å². The SMILES string of the molecule is Nc1ccc(C(=O)N2CCCCC2c2cn[nH]c2)cc1. The van der Waals surface area contributed by atoms with Crippen LogP contribution in [0.5, 0.6) is 0 Å². The third-order valence-corrected chi connectivity index (χ3v) is 3.83. The number of aromatic amines is 1. The Kier molecular flexibility index (Phi) is 3.41. The van der Waals surface area contributed by atoms with E-state index >= 15 is 0 Å². The topological polar surface area (TPSA) is 75.0 Å². The number of nitrogen functional groups attached to an aromatic ring is 1. The molecule has 20 heavy (non-hydrogen) atoms. The standard InChI is InChI=1S/C15H18N4O/c16-13-6-4-11(5-7-13)15(20)19-8-2-1-3-14(19)12-9-17-18-10-12/h4-7,9-10,14H,1-3,8,16H2,(H,17,18). The van der Waals surface area contributed by atoms with Crippen molar-refractivity contribution >= 4 is 11.6 Å². The summed E-state index contributed by atoms with van der Waals surface area (Å²) in [5, 5.41) is 6.83. The zero-order chi connectivity index (χ0) is 13.9. The molecule has 1 aliphatic rings. The van der Waals surface area contributed by atoms with Gasteiger partial charge in [0.2, 0.25) is 0 Å². The molecule has 104 valence electrons. The summed E-state index contributed by atoms with van der Waals surface area (Å²) in [6.45, 7) is 0.791. The number of benzene rings is 1. The smallest absolute Gasteiger partial charge is 0.254 e. The lowest BCUT2D eigenvalue weighted by Crippen LogP contribution is -2.38. The number of nitrogens with zero attached hydrogens (tertiary/aromatic N) is 2. The number of carbonyl (C=O) groups is 1. The van der Waals surface area contributed by atoms with Crippen LogP contribution in [0.2, 0.25) is 0 Å². The monoisotopic (exact) mass is 270 g/mol. The number of anilines is 1. The first-order valence-electron chi connectivity index (χ1n) is 6.91. The Bertz CT molecular complexity index is 576. The fourth-order valence-electron chi connectivity index (χ4n) is 2.76. The normalized spacial score (nSPS) is 19.0. The number of amides is 1. The fourth-order valence-corrected chi connectivity index (χ4v) is 2.76. The first kappa shape index (κ1) is 12.7. The van der Waals surface area contributed by atoms with Crippen LogP contribution in [0.4, 0.5) is 5.69 Å². The highest BCUT2D eigenvalue weighted by Gasteiger charge is 2.29. The molecule has 1 unspecified atom stereocenters. The molecular formula is C15H18N4O. The molecule has 1 atom stereocenters. The van der Waals surface area contributed by atoms with E-state index in [1.54, 1.807) is 30.5 Å². The quantitative estimate of drug-likeness (QED) is 0.823. The van der Waals surface area contributed by atoms with Gasteiger partial charge in [-0.2, -0.15) is 5.10 Å². The van der Waals surface area contributed by atoms with Crippen LogP contribution in [-0.2, 0) is 0 Å². The van der Waals surface area contributed by atoms with Gasteiger partial charge in [-0.1, -0.05) is 0 Å². The third-order valence-electron chi connectivity index (χ3n) is 3.83. The molecule has 5 heteroatoms. The van der Waals surface area contributed by atoms with E-state index in [9.17, 15) is 4.79 Å². The summed E-state index contributed by atoms with van der Waals surface area (Å²) in [6.07, 6.45) is 6.86. The predicted octanol–water partition coefficient (Wildman–Crippen LogP) is 2.36. The van der Waals surface area contributed by atoms with Gasteiger partial charge < -0.3 is 10.6 Å². The minimum Gasteiger partial charge on any atom is -0.399 e. The van der Waals surface area contributed by atoms with Crippen LogP contribution in [0, 0.1) is 0 Å². The second kappa shape index (κ2) is 5.36. The molecule has 1 saturated heterocycles. The van der Waals surface area contributed by atoms with Crippen molar-refractivity contribution < 1.29 is 4.79 Å². The molecule has 0 saturated carbocycles. The highest BCUT2D eigenvalue weighted by molar-refractivity contribution is 5.94. The van der Waals surface area contributed by atoms with Crippen molar-refractivity contribution in [2.75, 3.05) is 12.3 Å². The maximum absolute atomic E-state index is 12.7. The lowest BCUT2D eigenvalue weighted by molar-refractivity contribution is 0.0611. The summed E-state index contributed by atoms with van der Waals surface area (Å²) in [6, 6.07) is 7.23. The minimum absolute atomic E-state index is 0.0656. The van der Waals surface area contributed by atoms with E-state index in [1.165, 1.54) is 0 Å². The number of piperidine rings is 1. The summed E-state index contributed by atoms with van der Waals surface area (Å²) >= 11 is 0. The fraction of sp³-hybridized carbons (Fsp3) is 0.333. The number of hydrogen-bond donors (Lipinski definition) is 2. The van der Waals surface area contributed by atoms with Crippen LogP contribution >= 0.6 is 0 Å². The lowest BCUT2D eigenvalue weighted by atomic mass is 9.96. The second-order valence-corrected chi connectivity index (χ2v) is 5.16. The van der Waals surface area contributed by atoms with Crippen LogP contribution in [0.3, 0.4) is 0 Å². The van der Waals surface area contributed by atoms with Crippen LogP contribution in [-0.4, -0.2) is 27.5 Å². The number of carbonyl (C=O) groups excluding carboxylic acids is 1. The highest BCUT2D eigenvalue weighted by Crippen LogP contribution is 2.31. The van der Waals surface area contributed by atoms with Crippen molar-refractivity contribution in [3.63, 3.8) is 0 Å². The number of nitrogens with one attached hydrogen (secondary N) is 1. The van der Waals surface area contributed by atoms with Gasteiger partial charge in [-0.25, -0.2) is 0 Å². The van der Waals surface area contributed by atoms with Gasteiger partial charge in [0.25, 0.3) is 5.91 Å². The molecule has 1 aromatic heterocycles. The average molecular weight is 270 g/mol. The Balaban J connectivity index is 1.86. The Morgan fingerprint density at radius 3 is 2.80 bits per heavy atom. The van der Waals surface area contributed by atoms with Crippen LogP contribution in [0.25, 0.3) is 0 Å². The van der Waals surface area contributed by atoms with Gasteiger partial charge >= 0.3 is 0 Å². The Hall–Kier alpha value is -2.30. The van der Waals surface area contributed by atoms with Crippen LogP contribution < -0.4 is 5.73 Å². The largest absolute Gasteiger partial charge is 0.399 e. The van der Waals surface area contributed by atoms with E-state index in [-0.39, 0.29) is 11.9 Å². The predicted molar refractivity (Wildman–Crippen MR) is 77.1 cm³/mol. The molecule has 5 nitrogen and oxygen atoms in total. The minimum atomic E-state index is 0.0656. The van der Waals surface area contributed by atoms with Gasteiger partial charge in [0.15, 0.2) is 0 Å². The third kappa shape index (κ3) is 2.39. The number of likely N-dealkylation sites (tertiary alicyclic amines) is 1. The molecule has 1 aliphatic heterocycles. The van der Waals surface area contributed by atoms with Crippen LogP contribution in [0.1, 0.15) is 41.2 Å².